The maximum Gasteiger partial charge on any atom is 0.206 e. The first-order chi connectivity index (χ1) is 9.17. The summed E-state index contributed by atoms with van der Waals surface area (Å²) in [5, 5.41) is 3.29. The number of imidazole rings is 1. The highest BCUT2D eigenvalue weighted by molar-refractivity contribution is 5.37. The number of hydrogen-bond acceptors (Lipinski definition) is 4. The topological polar surface area (TPSA) is 42.3 Å². The fraction of sp³-hybridized carbons (Fsp3) is 0.786. The third-order valence-corrected chi connectivity index (χ3v) is 3.79. The zero-order chi connectivity index (χ0) is 13.8. The number of likely N-dealkylation sites (N-methyl/N-ethyl adjacent to an activating group) is 1. The lowest BCUT2D eigenvalue weighted by atomic mass is 10.2. The summed E-state index contributed by atoms with van der Waals surface area (Å²) in [4.78, 5) is 7.17. The highest BCUT2D eigenvalue weighted by atomic mass is 16.5. The zero-order valence-electron chi connectivity index (χ0n) is 12.5. The molecule has 5 nitrogen and oxygen atoms in total. The number of aromatic nitrogens is 2. The molecule has 1 N–H and O–H groups in total. The highest BCUT2D eigenvalue weighted by Crippen LogP contribution is 2.27. The summed E-state index contributed by atoms with van der Waals surface area (Å²) in [6.07, 6.45) is 4.62. The van der Waals surface area contributed by atoms with Gasteiger partial charge in [-0.1, -0.05) is 0 Å². The van der Waals surface area contributed by atoms with Crippen molar-refractivity contribution < 1.29 is 4.74 Å². The molecule has 108 valence electrons. The summed E-state index contributed by atoms with van der Waals surface area (Å²) >= 11 is 0. The van der Waals surface area contributed by atoms with E-state index in [1.54, 1.807) is 7.11 Å². The molecule has 0 amide bonds. The summed E-state index contributed by atoms with van der Waals surface area (Å²) in [6, 6.07) is 0.873. The molecule has 0 spiro atoms. The second-order valence-corrected chi connectivity index (χ2v) is 5.44. The monoisotopic (exact) mass is 266 g/mol. The maximum absolute atomic E-state index is 5.28. The van der Waals surface area contributed by atoms with E-state index < -0.39 is 0 Å². The highest BCUT2D eigenvalue weighted by Gasteiger charge is 2.28. The lowest BCUT2D eigenvalue weighted by Gasteiger charge is -2.28. The van der Waals surface area contributed by atoms with Crippen LogP contribution in [0.1, 0.15) is 31.5 Å². The third kappa shape index (κ3) is 3.09. The SMILES string of the molecule is CNCC1CCCN1c1nc(C)cn1C(C)COC. The van der Waals surface area contributed by atoms with Gasteiger partial charge in [0.1, 0.15) is 0 Å². The van der Waals surface area contributed by atoms with Gasteiger partial charge in [-0.2, -0.15) is 0 Å². The molecule has 2 heterocycles. The van der Waals surface area contributed by atoms with Crippen molar-refractivity contribution in [2.45, 2.75) is 38.8 Å². The minimum Gasteiger partial charge on any atom is -0.383 e. The first-order valence-corrected chi connectivity index (χ1v) is 7.13. The number of nitrogens with zero attached hydrogens (tertiary/aromatic N) is 3. The van der Waals surface area contributed by atoms with Crippen LogP contribution in [0.3, 0.4) is 0 Å². The Morgan fingerprint density at radius 3 is 3.05 bits per heavy atom. The van der Waals surface area contributed by atoms with E-state index in [-0.39, 0.29) is 0 Å². The van der Waals surface area contributed by atoms with Gasteiger partial charge in [-0.25, -0.2) is 4.98 Å². The Morgan fingerprint density at radius 1 is 1.58 bits per heavy atom. The van der Waals surface area contributed by atoms with Gasteiger partial charge < -0.3 is 19.5 Å². The minimum absolute atomic E-state index is 0.317. The van der Waals surface area contributed by atoms with Crippen molar-refractivity contribution >= 4 is 5.95 Å². The van der Waals surface area contributed by atoms with Gasteiger partial charge >= 0.3 is 0 Å². The molecule has 1 aromatic rings. The second kappa shape index (κ2) is 6.39. The van der Waals surface area contributed by atoms with Crippen molar-refractivity contribution in [3.63, 3.8) is 0 Å². The Morgan fingerprint density at radius 2 is 2.37 bits per heavy atom. The van der Waals surface area contributed by atoms with E-state index in [2.05, 4.69) is 34.8 Å². The van der Waals surface area contributed by atoms with E-state index in [4.69, 9.17) is 9.72 Å². The van der Waals surface area contributed by atoms with Crippen LogP contribution in [-0.4, -0.2) is 49.4 Å². The molecule has 1 aromatic heterocycles. The molecule has 2 rings (SSSR count). The van der Waals surface area contributed by atoms with Crippen LogP contribution in [-0.2, 0) is 4.74 Å². The molecular formula is C14H26N4O. The van der Waals surface area contributed by atoms with Gasteiger partial charge in [-0.3, -0.25) is 0 Å². The third-order valence-electron chi connectivity index (χ3n) is 3.79. The molecule has 0 aromatic carbocycles. The van der Waals surface area contributed by atoms with Crippen LogP contribution in [0, 0.1) is 6.92 Å². The number of aryl methyl sites for hydroxylation is 1. The average Bonchev–Trinajstić information content (AvgIpc) is 2.96. The molecule has 1 aliphatic heterocycles. The molecule has 2 atom stereocenters. The van der Waals surface area contributed by atoms with E-state index in [1.807, 2.05) is 7.05 Å². The van der Waals surface area contributed by atoms with E-state index in [9.17, 15) is 0 Å². The van der Waals surface area contributed by atoms with Gasteiger partial charge in [-0.15, -0.1) is 0 Å². The summed E-state index contributed by atoms with van der Waals surface area (Å²) < 4.78 is 7.54. The van der Waals surface area contributed by atoms with Gasteiger partial charge in [0.25, 0.3) is 0 Å². The molecule has 2 unspecified atom stereocenters. The zero-order valence-corrected chi connectivity index (χ0v) is 12.5. The predicted octanol–water partition coefficient (Wildman–Crippen LogP) is 1.59. The smallest absolute Gasteiger partial charge is 0.206 e. The summed E-state index contributed by atoms with van der Waals surface area (Å²) in [5.41, 5.74) is 1.08. The first kappa shape index (κ1) is 14.3. The van der Waals surface area contributed by atoms with Crippen LogP contribution in [0.5, 0.6) is 0 Å². The first-order valence-electron chi connectivity index (χ1n) is 7.13. The molecule has 0 bridgehead atoms. The fourth-order valence-corrected chi connectivity index (χ4v) is 2.91. The quantitative estimate of drug-likeness (QED) is 0.849. The lowest BCUT2D eigenvalue weighted by Crippen LogP contribution is -2.38. The van der Waals surface area contributed by atoms with Crippen LogP contribution >= 0.6 is 0 Å². The Bertz CT molecular complexity index is 404. The molecule has 1 fully saturated rings. The van der Waals surface area contributed by atoms with Gasteiger partial charge in [0, 0.05) is 32.4 Å². The van der Waals surface area contributed by atoms with Gasteiger partial charge in [-0.05, 0) is 33.7 Å². The van der Waals surface area contributed by atoms with E-state index in [0.717, 1.165) is 24.7 Å². The molecule has 19 heavy (non-hydrogen) atoms. The Balaban J connectivity index is 2.23. The van der Waals surface area contributed by atoms with Gasteiger partial charge in [0.05, 0.1) is 18.3 Å². The number of rotatable bonds is 6. The molecular weight excluding hydrogens is 240 g/mol. The van der Waals surface area contributed by atoms with E-state index >= 15 is 0 Å². The largest absolute Gasteiger partial charge is 0.383 e. The summed E-state index contributed by atoms with van der Waals surface area (Å²) in [5.74, 6) is 1.10. The van der Waals surface area contributed by atoms with Crippen LogP contribution in [0.15, 0.2) is 6.20 Å². The van der Waals surface area contributed by atoms with Crippen LogP contribution in [0.4, 0.5) is 5.95 Å². The Labute approximate surface area is 116 Å². The molecule has 0 aliphatic carbocycles. The minimum atomic E-state index is 0.317. The van der Waals surface area contributed by atoms with Crippen molar-refractivity contribution in [1.82, 2.24) is 14.9 Å². The molecule has 0 radical (unpaired) electrons. The van der Waals surface area contributed by atoms with Crippen LogP contribution in [0.25, 0.3) is 0 Å². The fourth-order valence-electron chi connectivity index (χ4n) is 2.91. The van der Waals surface area contributed by atoms with E-state index in [1.165, 1.54) is 12.8 Å². The standard InChI is InChI=1S/C14H26N4O/c1-11-9-18(12(2)10-19-4)14(16-11)17-7-5-6-13(17)8-15-3/h9,12-13,15H,5-8,10H2,1-4H3. The van der Waals surface area contributed by atoms with Crippen molar-refractivity contribution in [2.75, 3.05) is 38.8 Å². The summed E-state index contributed by atoms with van der Waals surface area (Å²) in [6.45, 7) is 7.07. The predicted molar refractivity (Wildman–Crippen MR) is 77.8 cm³/mol. The van der Waals surface area contributed by atoms with Crippen molar-refractivity contribution in [2.24, 2.45) is 0 Å². The number of anilines is 1. The normalized spacial score (nSPS) is 21.1. The van der Waals surface area contributed by atoms with Crippen LogP contribution in [0.2, 0.25) is 0 Å². The lowest BCUT2D eigenvalue weighted by molar-refractivity contribution is 0.162. The van der Waals surface area contributed by atoms with Gasteiger partial charge in [0.15, 0.2) is 0 Å². The van der Waals surface area contributed by atoms with Crippen molar-refractivity contribution in [3.8, 4) is 0 Å². The number of nitrogens with one attached hydrogen (secondary N) is 1. The second-order valence-electron chi connectivity index (χ2n) is 5.44. The summed E-state index contributed by atoms with van der Waals surface area (Å²) in [7, 11) is 3.77. The van der Waals surface area contributed by atoms with Crippen molar-refractivity contribution in [3.05, 3.63) is 11.9 Å². The molecule has 0 saturated carbocycles. The number of ether oxygens (including phenoxy) is 1. The maximum atomic E-state index is 5.28. The Hall–Kier alpha value is -1.07. The molecule has 5 heteroatoms. The van der Waals surface area contributed by atoms with Gasteiger partial charge in [0.2, 0.25) is 5.95 Å². The van der Waals surface area contributed by atoms with Crippen LogP contribution < -0.4 is 10.2 Å². The average molecular weight is 266 g/mol. The molecule has 1 aliphatic rings. The van der Waals surface area contributed by atoms with Crippen molar-refractivity contribution in [1.29, 1.82) is 0 Å². The van der Waals surface area contributed by atoms with E-state index in [0.29, 0.717) is 18.7 Å². The number of methoxy groups -OCH3 is 1. The number of hydrogen-bond donors (Lipinski definition) is 1. The Kier molecular flexibility index (Phi) is 4.82. The molecule has 1 saturated heterocycles.